The quantitative estimate of drug-likeness (QED) is 0.0890. The highest BCUT2D eigenvalue weighted by atomic mass is 35.5. The summed E-state index contributed by atoms with van der Waals surface area (Å²) in [4.78, 5) is 13.4. The monoisotopic (exact) mass is 916 g/mol. The highest BCUT2D eigenvalue weighted by Gasteiger charge is 2.26. The molecule has 0 radical (unpaired) electrons. The largest absolute Gasteiger partial charge is 0.302 e. The molecule has 0 fully saturated rings. The first-order chi connectivity index (χ1) is 28.7. The molecular weight excluding hydrogens is 886 g/mol. The summed E-state index contributed by atoms with van der Waals surface area (Å²) < 4.78 is 59.0. The van der Waals surface area contributed by atoms with Crippen LogP contribution in [0, 0.1) is 0 Å². The lowest BCUT2D eigenvalue weighted by Crippen LogP contribution is -2.15. The molecule has 304 valence electrons. The van der Waals surface area contributed by atoms with Crippen molar-refractivity contribution in [3.8, 4) is 0 Å². The summed E-state index contributed by atoms with van der Waals surface area (Å²) in [6.07, 6.45) is 1.12. The molecule has 8 rings (SSSR count). The molecule has 2 atom stereocenters. The van der Waals surface area contributed by atoms with Crippen LogP contribution in [0.15, 0.2) is 153 Å². The minimum absolute atomic E-state index is 0.0540. The Morgan fingerprint density at radius 3 is 1.32 bits per heavy atom. The second kappa shape index (κ2) is 16.9. The number of halogens is 4. The maximum Gasteiger partial charge on any atom is 0.261 e. The molecule has 2 unspecified atom stereocenters. The zero-order valence-corrected chi connectivity index (χ0v) is 35.7. The predicted octanol–water partition coefficient (Wildman–Crippen LogP) is 10.0. The number of nitrogens with one attached hydrogen (secondary N) is 4. The molecule has 0 aromatic heterocycles. The third-order valence-electron chi connectivity index (χ3n) is 9.94. The fourth-order valence-electron chi connectivity index (χ4n) is 6.84. The molecule has 2 heterocycles. The SMILES string of the molecule is O=C(c1cccc(S(=O)(=O)Nc2ccc(C3=NNC(c4ccc(Cl)cc4Cl)C3)cc2)c1)c1cccc(S(=O)(=O)Nc2ccc(C3=NNC(c4ccc(Cl)cc4Cl)C3)cc2)c1. The van der Waals surface area contributed by atoms with E-state index in [2.05, 4.69) is 30.5 Å². The highest BCUT2D eigenvalue weighted by Crippen LogP contribution is 2.34. The maximum absolute atomic E-state index is 13.7. The average Bonchev–Trinajstić information content (AvgIpc) is 3.92. The van der Waals surface area contributed by atoms with E-state index in [1.807, 2.05) is 12.1 Å². The maximum atomic E-state index is 13.7. The zero-order chi connectivity index (χ0) is 42.2. The summed E-state index contributed by atoms with van der Waals surface area (Å²) in [6.45, 7) is 0. The van der Waals surface area contributed by atoms with Crippen LogP contribution in [0.5, 0.6) is 0 Å². The number of carbonyl (C=O) groups is 1. The van der Waals surface area contributed by atoms with Crippen LogP contribution >= 0.6 is 46.4 Å². The molecule has 6 aromatic carbocycles. The van der Waals surface area contributed by atoms with Crippen LogP contribution in [0.3, 0.4) is 0 Å². The number of anilines is 2. The van der Waals surface area contributed by atoms with E-state index in [9.17, 15) is 21.6 Å². The summed E-state index contributed by atoms with van der Waals surface area (Å²) in [5, 5.41) is 11.0. The molecule has 60 heavy (non-hydrogen) atoms. The number of hydrazone groups is 2. The molecule has 0 bridgehead atoms. The molecule has 0 spiro atoms. The number of hydrogen-bond acceptors (Lipinski definition) is 9. The summed E-state index contributed by atoms with van der Waals surface area (Å²) in [5.74, 6) is -0.564. The molecule has 0 aliphatic carbocycles. The smallest absolute Gasteiger partial charge is 0.261 e. The van der Waals surface area contributed by atoms with Crippen molar-refractivity contribution < 1.29 is 21.6 Å². The van der Waals surface area contributed by atoms with Gasteiger partial charge in [-0.2, -0.15) is 10.2 Å². The van der Waals surface area contributed by atoms with Gasteiger partial charge in [-0.25, -0.2) is 16.8 Å². The molecule has 0 saturated heterocycles. The van der Waals surface area contributed by atoms with Gasteiger partial charge in [0.05, 0.1) is 33.3 Å². The Morgan fingerprint density at radius 1 is 0.533 bits per heavy atom. The first-order valence-electron chi connectivity index (χ1n) is 18.3. The third kappa shape index (κ3) is 9.02. The molecule has 2 aliphatic rings. The van der Waals surface area contributed by atoms with Gasteiger partial charge in [0.25, 0.3) is 20.0 Å². The van der Waals surface area contributed by atoms with E-state index in [4.69, 9.17) is 46.4 Å². The Morgan fingerprint density at radius 2 is 0.933 bits per heavy atom. The molecular formula is C43H32Cl4N6O5S2. The molecule has 4 N–H and O–H groups in total. The van der Waals surface area contributed by atoms with Crippen LogP contribution in [0.1, 0.15) is 63.1 Å². The van der Waals surface area contributed by atoms with E-state index in [0.29, 0.717) is 44.3 Å². The van der Waals surface area contributed by atoms with Crippen LogP contribution < -0.4 is 20.3 Å². The minimum atomic E-state index is -4.13. The third-order valence-corrected chi connectivity index (χ3v) is 13.8. The van der Waals surface area contributed by atoms with Gasteiger partial charge in [0.1, 0.15) is 0 Å². The van der Waals surface area contributed by atoms with Gasteiger partial charge >= 0.3 is 0 Å². The van der Waals surface area contributed by atoms with Gasteiger partial charge in [0.2, 0.25) is 0 Å². The van der Waals surface area contributed by atoms with Gasteiger partial charge in [-0.05, 0) is 95.1 Å². The molecule has 2 aliphatic heterocycles. The number of rotatable bonds is 12. The first kappa shape index (κ1) is 41.3. The molecule has 17 heteroatoms. The van der Waals surface area contributed by atoms with E-state index < -0.39 is 25.8 Å². The van der Waals surface area contributed by atoms with Gasteiger partial charge in [-0.1, -0.05) is 107 Å². The number of carbonyl (C=O) groups excluding carboxylic acids is 1. The fraction of sp³-hybridized carbons (Fsp3) is 0.0930. The lowest BCUT2D eigenvalue weighted by molar-refractivity contribution is 0.103. The van der Waals surface area contributed by atoms with Crippen LogP contribution in [0.4, 0.5) is 11.4 Å². The lowest BCUT2D eigenvalue weighted by atomic mass is 9.99. The molecule has 0 saturated carbocycles. The Balaban J connectivity index is 0.901. The predicted molar refractivity (Wildman–Crippen MR) is 238 cm³/mol. The molecule has 11 nitrogen and oxygen atoms in total. The van der Waals surface area contributed by atoms with Crippen molar-refractivity contribution in [1.82, 2.24) is 10.9 Å². The van der Waals surface area contributed by atoms with E-state index in [-0.39, 0.29) is 33.0 Å². The van der Waals surface area contributed by atoms with Gasteiger partial charge in [0, 0.05) is 55.4 Å². The van der Waals surface area contributed by atoms with Crippen molar-refractivity contribution >= 4 is 95.0 Å². The van der Waals surface area contributed by atoms with Crippen molar-refractivity contribution in [2.75, 3.05) is 9.44 Å². The van der Waals surface area contributed by atoms with E-state index in [1.54, 1.807) is 72.8 Å². The Labute approximate surface area is 366 Å². The Kier molecular flexibility index (Phi) is 11.7. The van der Waals surface area contributed by atoms with E-state index >= 15 is 0 Å². The molecule has 6 aromatic rings. The number of nitrogens with zero attached hydrogens (tertiary/aromatic N) is 2. The van der Waals surface area contributed by atoms with Gasteiger partial charge < -0.3 is 10.9 Å². The van der Waals surface area contributed by atoms with Crippen LogP contribution in [0.25, 0.3) is 0 Å². The van der Waals surface area contributed by atoms with Crippen molar-refractivity contribution in [3.05, 3.63) is 187 Å². The average molecular weight is 919 g/mol. The Hall–Kier alpha value is -5.41. The van der Waals surface area contributed by atoms with Gasteiger partial charge in [-0.15, -0.1) is 0 Å². The normalized spacial score (nSPS) is 16.3. The van der Waals surface area contributed by atoms with Gasteiger partial charge in [-0.3, -0.25) is 14.2 Å². The summed E-state index contributed by atoms with van der Waals surface area (Å²) >= 11 is 24.9. The second-order valence-corrected chi connectivity index (χ2v) is 19.0. The Bertz CT molecular complexity index is 2750. The van der Waals surface area contributed by atoms with E-state index in [0.717, 1.165) is 33.7 Å². The highest BCUT2D eigenvalue weighted by molar-refractivity contribution is 7.93. The number of ketones is 1. The van der Waals surface area contributed by atoms with Crippen molar-refractivity contribution in [1.29, 1.82) is 0 Å². The number of benzene rings is 6. The standard InChI is InChI=1S/C43H32Cl4N6O5S2/c44-29-11-17-35(37(46)21-29)41-23-39(48-50-41)25-7-13-31(14-8-25)52-59(55,56)33-5-1-3-27(19-33)43(54)28-4-2-6-34(20-28)60(57,58)53-32-15-9-26(10-16-32)40-24-42(51-49-40)36-18-12-30(45)22-38(36)47/h1-22,41-42,50-53H,23-24H2. The fourth-order valence-corrected chi connectivity index (χ4v) is 10.1. The number of sulfonamides is 2. The van der Waals surface area contributed by atoms with Crippen LogP contribution in [-0.4, -0.2) is 34.0 Å². The zero-order valence-electron chi connectivity index (χ0n) is 31.0. The minimum Gasteiger partial charge on any atom is -0.302 e. The van der Waals surface area contributed by atoms with Crippen molar-refractivity contribution in [2.45, 2.75) is 34.7 Å². The van der Waals surface area contributed by atoms with Crippen molar-refractivity contribution in [2.24, 2.45) is 10.2 Å². The lowest BCUT2D eigenvalue weighted by Gasteiger charge is -2.13. The van der Waals surface area contributed by atoms with Gasteiger partial charge in [0.15, 0.2) is 5.78 Å². The molecule has 0 amide bonds. The second-order valence-electron chi connectivity index (χ2n) is 14.0. The first-order valence-corrected chi connectivity index (χ1v) is 22.8. The van der Waals surface area contributed by atoms with E-state index in [1.165, 1.54) is 48.5 Å². The topological polar surface area (TPSA) is 158 Å². The van der Waals surface area contributed by atoms with Crippen molar-refractivity contribution in [3.63, 3.8) is 0 Å². The van der Waals surface area contributed by atoms with Crippen LogP contribution in [0.2, 0.25) is 20.1 Å². The summed E-state index contributed by atoms with van der Waals surface area (Å²) in [7, 11) is -8.25. The number of hydrogen-bond donors (Lipinski definition) is 4. The summed E-state index contributed by atoms with van der Waals surface area (Å²) in [6, 6.07) is 34.9. The summed E-state index contributed by atoms with van der Waals surface area (Å²) in [5.41, 5.74) is 11.8. The van der Waals surface area contributed by atoms with Crippen LogP contribution in [-0.2, 0) is 20.0 Å².